The number of rotatable bonds is 2. The summed E-state index contributed by atoms with van der Waals surface area (Å²) in [4.78, 5) is 11.4. The number of quaternary nitrogens is 1. The number of aliphatic carboxylic acids is 1. The number of allylic oxidation sites excluding steroid dienone is 2. The van der Waals surface area contributed by atoms with E-state index in [0.717, 1.165) is 6.07 Å². The van der Waals surface area contributed by atoms with Crippen LogP contribution in [0.5, 0.6) is 5.75 Å². The maximum absolute atomic E-state index is 11.5. The number of phenols is 1. The van der Waals surface area contributed by atoms with Crippen molar-refractivity contribution >= 4 is 28.9 Å². The van der Waals surface area contributed by atoms with Crippen LogP contribution in [0, 0.1) is 11.1 Å². The van der Waals surface area contributed by atoms with Gasteiger partial charge in [-0.15, -0.1) is 0 Å². The fourth-order valence-electron chi connectivity index (χ4n) is 3.19. The number of benzene rings is 1. The lowest BCUT2D eigenvalue weighted by Gasteiger charge is -2.36. The lowest BCUT2D eigenvalue weighted by Crippen LogP contribution is -2.99. The molecule has 1 aromatic carbocycles. The molecular weight excluding hydrogens is 300 g/mol. The Morgan fingerprint density at radius 3 is 2.86 bits per heavy atom. The molecule has 7 nitrogen and oxygen atoms in total. The summed E-state index contributed by atoms with van der Waals surface area (Å²) in [6.45, 7) is 0. The molecule has 1 aromatic rings. The Morgan fingerprint density at radius 2 is 2.24 bits per heavy atom. The van der Waals surface area contributed by atoms with Gasteiger partial charge in [-0.3, -0.25) is 0 Å². The van der Waals surface area contributed by atoms with Crippen molar-refractivity contribution < 1.29 is 25.4 Å². The van der Waals surface area contributed by atoms with Gasteiger partial charge in [0.1, 0.15) is 16.8 Å². The predicted molar refractivity (Wildman–Crippen MR) is 73.9 cm³/mol. The van der Waals surface area contributed by atoms with E-state index in [4.69, 9.17) is 11.6 Å². The summed E-state index contributed by atoms with van der Waals surface area (Å²) in [6, 6.07) is 0.237. The molecular formula is C13H13ClN2O5. The van der Waals surface area contributed by atoms with E-state index in [9.17, 15) is 25.4 Å². The number of carbonyl (C=O) groups is 1. The van der Waals surface area contributed by atoms with Gasteiger partial charge in [0.05, 0.1) is 11.3 Å². The second-order valence-corrected chi connectivity index (χ2v) is 5.57. The van der Waals surface area contributed by atoms with Gasteiger partial charge in [-0.2, -0.15) is 5.23 Å². The van der Waals surface area contributed by atoms with Crippen molar-refractivity contribution in [3.63, 3.8) is 0 Å². The standard InChI is InChI=1S/C13H13ClN2O5/c14-7-4-8(17)11-9(12(7)16(20)21)5-2-1-3-6(5)10(15-11)13(18)19/h1-2,4-6,10,15-17,20H,3H2,(H,18,19)/t5-,6+,10-/m1/s1. The number of anilines is 1. The van der Waals surface area contributed by atoms with Crippen LogP contribution in [0.3, 0.4) is 0 Å². The van der Waals surface area contributed by atoms with E-state index < -0.39 is 23.2 Å². The van der Waals surface area contributed by atoms with E-state index in [0.29, 0.717) is 12.0 Å². The number of hydrogen-bond acceptors (Lipinski definition) is 5. The molecule has 0 spiro atoms. The molecule has 0 amide bonds. The fourth-order valence-corrected chi connectivity index (χ4v) is 3.48. The SMILES string of the molecule is O=C(O)[C@@H]1Nc2c(O)cc(Cl)c([NH+]([O-])O)c2[C@@H]2C=CC[C@H]12. The van der Waals surface area contributed by atoms with Gasteiger partial charge in [0.2, 0.25) is 0 Å². The zero-order valence-electron chi connectivity index (χ0n) is 10.7. The third-order valence-corrected chi connectivity index (χ3v) is 4.35. The first-order valence-corrected chi connectivity index (χ1v) is 6.74. The molecule has 1 unspecified atom stereocenters. The van der Waals surface area contributed by atoms with Crippen molar-refractivity contribution in [2.24, 2.45) is 5.92 Å². The van der Waals surface area contributed by atoms with Crippen molar-refractivity contribution in [2.75, 3.05) is 5.32 Å². The van der Waals surface area contributed by atoms with Crippen molar-refractivity contribution in [1.82, 2.24) is 0 Å². The van der Waals surface area contributed by atoms with E-state index in [1.807, 2.05) is 6.08 Å². The zero-order chi connectivity index (χ0) is 15.3. The molecule has 0 saturated heterocycles. The number of halogens is 1. The molecule has 1 heterocycles. The van der Waals surface area contributed by atoms with E-state index in [1.165, 1.54) is 0 Å². The van der Waals surface area contributed by atoms with Gasteiger partial charge in [0.25, 0.3) is 0 Å². The summed E-state index contributed by atoms with van der Waals surface area (Å²) >= 11 is 5.94. The number of aromatic hydroxyl groups is 1. The van der Waals surface area contributed by atoms with Crippen LogP contribution in [0.15, 0.2) is 18.2 Å². The number of phenolic OH excluding ortho intramolecular Hbond substituents is 1. The molecule has 21 heavy (non-hydrogen) atoms. The smallest absolute Gasteiger partial charge is 0.326 e. The minimum atomic E-state index is -1.20. The van der Waals surface area contributed by atoms with E-state index in [2.05, 4.69) is 5.32 Å². The summed E-state index contributed by atoms with van der Waals surface area (Å²) < 4.78 is 0. The third kappa shape index (κ3) is 2.06. The fraction of sp³-hybridized carbons (Fsp3) is 0.308. The summed E-state index contributed by atoms with van der Waals surface area (Å²) in [7, 11) is 0. The lowest BCUT2D eigenvalue weighted by atomic mass is 9.78. The molecule has 2 aliphatic rings. The molecule has 8 heteroatoms. The Kier molecular flexibility index (Phi) is 3.29. The topological polar surface area (TPSA) is 117 Å². The molecule has 1 aliphatic carbocycles. The van der Waals surface area contributed by atoms with Gasteiger partial charge in [-0.05, 0) is 6.42 Å². The summed E-state index contributed by atoms with van der Waals surface area (Å²) in [5, 5.41) is 41.7. The second-order valence-electron chi connectivity index (χ2n) is 5.16. The Hall–Kier alpha value is -1.80. The average molecular weight is 313 g/mol. The van der Waals surface area contributed by atoms with Crippen LogP contribution in [0.2, 0.25) is 5.02 Å². The van der Waals surface area contributed by atoms with Crippen LogP contribution in [0.25, 0.3) is 0 Å². The molecule has 0 saturated carbocycles. The second kappa shape index (κ2) is 4.88. The van der Waals surface area contributed by atoms with Crippen LogP contribution in [0.4, 0.5) is 11.4 Å². The average Bonchev–Trinajstić information content (AvgIpc) is 2.86. The monoisotopic (exact) mass is 312 g/mol. The highest BCUT2D eigenvalue weighted by molar-refractivity contribution is 6.33. The molecule has 0 radical (unpaired) electrons. The molecule has 4 atom stereocenters. The number of fused-ring (bicyclic) bond motifs is 3. The zero-order valence-corrected chi connectivity index (χ0v) is 11.5. The van der Waals surface area contributed by atoms with Crippen LogP contribution >= 0.6 is 11.6 Å². The summed E-state index contributed by atoms with van der Waals surface area (Å²) in [5.74, 6) is -1.97. The van der Waals surface area contributed by atoms with Gasteiger partial charge in [-0.1, -0.05) is 23.8 Å². The van der Waals surface area contributed by atoms with Gasteiger partial charge in [0, 0.05) is 17.9 Å². The molecule has 5 N–H and O–H groups in total. The minimum Gasteiger partial charge on any atom is -0.595 e. The van der Waals surface area contributed by atoms with Crippen molar-refractivity contribution in [1.29, 1.82) is 0 Å². The lowest BCUT2D eigenvalue weighted by molar-refractivity contribution is -0.991. The molecule has 112 valence electrons. The molecule has 0 aromatic heterocycles. The van der Waals surface area contributed by atoms with Crippen molar-refractivity contribution in [2.45, 2.75) is 18.4 Å². The van der Waals surface area contributed by atoms with Crippen LogP contribution in [-0.2, 0) is 4.79 Å². The van der Waals surface area contributed by atoms with Crippen LogP contribution in [-0.4, -0.2) is 27.4 Å². The van der Waals surface area contributed by atoms with Crippen LogP contribution < -0.4 is 10.5 Å². The van der Waals surface area contributed by atoms with Crippen molar-refractivity contribution in [3.8, 4) is 5.75 Å². The highest BCUT2D eigenvalue weighted by Crippen LogP contribution is 2.51. The van der Waals surface area contributed by atoms with E-state index in [1.54, 1.807) is 6.08 Å². The first-order valence-electron chi connectivity index (χ1n) is 6.36. The highest BCUT2D eigenvalue weighted by atomic mass is 35.5. The maximum atomic E-state index is 11.5. The minimum absolute atomic E-state index is 0.0617. The quantitative estimate of drug-likeness (QED) is 0.240. The third-order valence-electron chi connectivity index (χ3n) is 4.05. The highest BCUT2D eigenvalue weighted by Gasteiger charge is 2.44. The van der Waals surface area contributed by atoms with Gasteiger partial charge in [-0.25, -0.2) is 10.0 Å². The van der Waals surface area contributed by atoms with E-state index >= 15 is 0 Å². The molecule has 0 fully saturated rings. The number of carboxylic acid groups (broad SMARTS) is 1. The largest absolute Gasteiger partial charge is 0.595 e. The van der Waals surface area contributed by atoms with Crippen molar-refractivity contribution in [3.05, 3.63) is 34.0 Å². The Balaban J connectivity index is 2.24. The van der Waals surface area contributed by atoms with Gasteiger partial charge in [0.15, 0.2) is 5.69 Å². The molecule has 0 bridgehead atoms. The Bertz CT molecular complexity index is 646. The first kappa shape index (κ1) is 14.2. The Labute approximate surface area is 124 Å². The molecule has 1 aliphatic heterocycles. The summed E-state index contributed by atoms with van der Waals surface area (Å²) in [6.07, 6.45) is 4.13. The number of nitrogens with one attached hydrogen (secondary N) is 2. The van der Waals surface area contributed by atoms with Crippen LogP contribution in [0.1, 0.15) is 17.9 Å². The first-order chi connectivity index (χ1) is 9.91. The number of hydrogen-bond donors (Lipinski definition) is 5. The maximum Gasteiger partial charge on any atom is 0.326 e. The number of carboxylic acids is 1. The Morgan fingerprint density at radius 1 is 1.52 bits per heavy atom. The molecule has 3 rings (SSSR count). The van der Waals surface area contributed by atoms with Gasteiger partial charge < -0.3 is 20.7 Å². The normalized spacial score (nSPS) is 27.7. The summed E-state index contributed by atoms with van der Waals surface area (Å²) in [5.41, 5.74) is 0.392. The predicted octanol–water partition coefficient (Wildman–Crippen LogP) is 0.987. The van der Waals surface area contributed by atoms with Gasteiger partial charge >= 0.3 is 5.97 Å². The van der Waals surface area contributed by atoms with E-state index in [-0.39, 0.29) is 28.1 Å².